The minimum Gasteiger partial charge on any atom is -0.494 e. The van der Waals surface area contributed by atoms with Gasteiger partial charge in [0.2, 0.25) is 0 Å². The average Bonchev–Trinajstić information content (AvgIpc) is 2.59. The van der Waals surface area contributed by atoms with E-state index in [-0.39, 0.29) is 5.78 Å². The fraction of sp³-hybridized carbons (Fsp3) is 0.381. The molecule has 2 aromatic rings. The summed E-state index contributed by atoms with van der Waals surface area (Å²) in [4.78, 5) is 14.7. The molecule has 0 amide bonds. The molecule has 0 aromatic heterocycles. The summed E-state index contributed by atoms with van der Waals surface area (Å²) in [5.74, 6) is 0.667. The van der Waals surface area contributed by atoms with E-state index in [9.17, 15) is 4.79 Å². The van der Waals surface area contributed by atoms with Crippen LogP contribution in [0.2, 0.25) is 10.0 Å². The van der Waals surface area contributed by atoms with Gasteiger partial charge in [-0.25, -0.2) is 0 Å². The molecule has 140 valence electrons. The highest BCUT2D eigenvalue weighted by molar-refractivity contribution is 6.35. The fourth-order valence-electron chi connectivity index (χ4n) is 2.63. The van der Waals surface area contributed by atoms with Crippen LogP contribution < -0.4 is 4.74 Å². The van der Waals surface area contributed by atoms with Crippen LogP contribution in [0.25, 0.3) is 0 Å². The second-order valence-electron chi connectivity index (χ2n) is 6.58. The summed E-state index contributed by atoms with van der Waals surface area (Å²) in [5, 5.41) is 0.901. The van der Waals surface area contributed by atoms with Crippen molar-refractivity contribution in [2.24, 2.45) is 0 Å². The second-order valence-corrected chi connectivity index (χ2v) is 7.45. The molecular weight excluding hydrogens is 369 g/mol. The van der Waals surface area contributed by atoms with Gasteiger partial charge in [0, 0.05) is 21.2 Å². The van der Waals surface area contributed by atoms with Crippen LogP contribution in [-0.2, 0) is 0 Å². The molecule has 0 aliphatic heterocycles. The van der Waals surface area contributed by atoms with E-state index in [4.69, 9.17) is 27.9 Å². The number of hydrogen-bond acceptors (Lipinski definition) is 3. The molecular formula is C21H25Cl2NO2. The van der Waals surface area contributed by atoms with Crippen molar-refractivity contribution in [1.29, 1.82) is 0 Å². The fourth-order valence-corrected chi connectivity index (χ4v) is 3.15. The second kappa shape index (κ2) is 10.6. The van der Waals surface area contributed by atoms with Gasteiger partial charge in [-0.05, 0) is 75.9 Å². The van der Waals surface area contributed by atoms with Crippen LogP contribution in [0.1, 0.15) is 41.6 Å². The van der Waals surface area contributed by atoms with Crippen molar-refractivity contribution in [2.75, 3.05) is 27.2 Å². The molecule has 0 unspecified atom stereocenters. The first kappa shape index (κ1) is 20.8. The van der Waals surface area contributed by atoms with Gasteiger partial charge in [0.1, 0.15) is 5.75 Å². The summed E-state index contributed by atoms with van der Waals surface area (Å²) >= 11 is 11.9. The predicted octanol–water partition coefficient (Wildman–Crippen LogP) is 5.73. The lowest BCUT2D eigenvalue weighted by Crippen LogP contribution is -2.12. The normalized spacial score (nSPS) is 11.0. The Hall–Kier alpha value is -1.55. The number of unbranched alkanes of at least 4 members (excludes halogenated alkanes) is 3. The van der Waals surface area contributed by atoms with Gasteiger partial charge in [-0.3, -0.25) is 4.79 Å². The van der Waals surface area contributed by atoms with Crippen LogP contribution in [0.15, 0.2) is 42.5 Å². The van der Waals surface area contributed by atoms with Crippen LogP contribution in [0.4, 0.5) is 0 Å². The van der Waals surface area contributed by atoms with Crippen molar-refractivity contribution in [1.82, 2.24) is 4.90 Å². The first-order valence-corrected chi connectivity index (χ1v) is 9.59. The van der Waals surface area contributed by atoms with Crippen molar-refractivity contribution >= 4 is 29.0 Å². The topological polar surface area (TPSA) is 29.5 Å². The molecule has 0 radical (unpaired) electrons. The summed E-state index contributed by atoms with van der Waals surface area (Å²) in [5.41, 5.74) is 1.06. The van der Waals surface area contributed by atoms with Gasteiger partial charge in [0.15, 0.2) is 5.78 Å². The molecule has 2 rings (SSSR count). The van der Waals surface area contributed by atoms with Gasteiger partial charge in [-0.2, -0.15) is 0 Å². The zero-order valence-corrected chi connectivity index (χ0v) is 16.8. The lowest BCUT2D eigenvalue weighted by Gasteiger charge is -2.09. The third-order valence-electron chi connectivity index (χ3n) is 4.01. The minimum atomic E-state index is -0.109. The number of carbonyl (C=O) groups excluding carboxylic acids is 1. The molecule has 0 spiro atoms. The summed E-state index contributed by atoms with van der Waals surface area (Å²) < 4.78 is 5.75. The standard InChI is InChI=1S/C21H25Cl2NO2/c1-24(2)11-5-3-4-6-12-26-20-9-7-16(8-10-20)21(25)17-13-18(22)15-19(23)14-17/h7-10,13-15H,3-6,11-12H2,1-2H3. The number of hydrogen-bond donors (Lipinski definition) is 0. The number of nitrogens with zero attached hydrogens (tertiary/aromatic N) is 1. The Balaban J connectivity index is 1.80. The number of ketones is 1. The van der Waals surface area contributed by atoms with E-state index in [1.165, 1.54) is 19.3 Å². The van der Waals surface area contributed by atoms with Crippen molar-refractivity contribution in [3.63, 3.8) is 0 Å². The van der Waals surface area contributed by atoms with E-state index < -0.39 is 0 Å². The van der Waals surface area contributed by atoms with Gasteiger partial charge in [-0.15, -0.1) is 0 Å². The zero-order valence-electron chi connectivity index (χ0n) is 15.3. The van der Waals surface area contributed by atoms with Crippen LogP contribution in [0, 0.1) is 0 Å². The van der Waals surface area contributed by atoms with Gasteiger partial charge in [0.05, 0.1) is 6.61 Å². The highest BCUT2D eigenvalue weighted by atomic mass is 35.5. The van der Waals surface area contributed by atoms with E-state index in [1.54, 1.807) is 30.3 Å². The molecule has 0 N–H and O–H groups in total. The molecule has 0 heterocycles. The van der Waals surface area contributed by atoms with Gasteiger partial charge in [0.25, 0.3) is 0 Å². The quantitative estimate of drug-likeness (QED) is 0.381. The van der Waals surface area contributed by atoms with E-state index in [2.05, 4.69) is 19.0 Å². The maximum Gasteiger partial charge on any atom is 0.193 e. The highest BCUT2D eigenvalue weighted by Gasteiger charge is 2.11. The molecule has 0 saturated heterocycles. The van der Waals surface area contributed by atoms with E-state index in [0.29, 0.717) is 27.8 Å². The Morgan fingerprint density at radius 2 is 1.50 bits per heavy atom. The molecule has 0 aliphatic carbocycles. The molecule has 5 heteroatoms. The Labute approximate surface area is 165 Å². The molecule has 0 fully saturated rings. The summed E-state index contributed by atoms with van der Waals surface area (Å²) in [6.07, 6.45) is 4.64. The van der Waals surface area contributed by atoms with Gasteiger partial charge < -0.3 is 9.64 Å². The average molecular weight is 394 g/mol. The molecule has 3 nitrogen and oxygen atoms in total. The number of halogens is 2. The molecule has 0 aliphatic rings. The monoisotopic (exact) mass is 393 g/mol. The molecule has 0 atom stereocenters. The van der Waals surface area contributed by atoms with Crippen molar-refractivity contribution in [3.05, 3.63) is 63.6 Å². The third-order valence-corrected chi connectivity index (χ3v) is 4.45. The van der Waals surface area contributed by atoms with Crippen LogP contribution in [0.3, 0.4) is 0 Å². The maximum absolute atomic E-state index is 12.5. The number of ether oxygens (including phenoxy) is 1. The van der Waals surface area contributed by atoms with Gasteiger partial charge >= 0.3 is 0 Å². The van der Waals surface area contributed by atoms with Crippen molar-refractivity contribution < 1.29 is 9.53 Å². The van der Waals surface area contributed by atoms with Crippen LogP contribution in [0.5, 0.6) is 5.75 Å². The van der Waals surface area contributed by atoms with Crippen molar-refractivity contribution in [2.45, 2.75) is 25.7 Å². The summed E-state index contributed by atoms with van der Waals surface area (Å²) in [7, 11) is 4.19. The third kappa shape index (κ3) is 6.99. The Morgan fingerprint density at radius 1 is 0.885 bits per heavy atom. The summed E-state index contributed by atoms with van der Waals surface area (Å²) in [6, 6.07) is 12.0. The minimum absolute atomic E-state index is 0.109. The molecule has 0 saturated carbocycles. The Kier molecular flexibility index (Phi) is 8.43. The predicted molar refractivity (Wildman–Crippen MR) is 109 cm³/mol. The van der Waals surface area contributed by atoms with E-state index in [0.717, 1.165) is 18.7 Å². The van der Waals surface area contributed by atoms with Crippen LogP contribution in [-0.4, -0.2) is 37.9 Å². The molecule has 2 aromatic carbocycles. The lowest BCUT2D eigenvalue weighted by molar-refractivity contribution is 0.103. The van der Waals surface area contributed by atoms with Crippen molar-refractivity contribution in [3.8, 4) is 5.75 Å². The van der Waals surface area contributed by atoms with E-state index >= 15 is 0 Å². The number of benzene rings is 2. The molecule has 0 bridgehead atoms. The molecule has 26 heavy (non-hydrogen) atoms. The smallest absolute Gasteiger partial charge is 0.193 e. The number of rotatable bonds is 10. The first-order chi connectivity index (χ1) is 12.5. The summed E-state index contributed by atoms with van der Waals surface area (Å²) in [6.45, 7) is 1.83. The van der Waals surface area contributed by atoms with Gasteiger partial charge in [-0.1, -0.05) is 36.0 Å². The Morgan fingerprint density at radius 3 is 2.12 bits per heavy atom. The SMILES string of the molecule is CN(C)CCCCCCOc1ccc(C(=O)c2cc(Cl)cc(Cl)c2)cc1. The lowest BCUT2D eigenvalue weighted by atomic mass is 10.0. The van der Waals surface area contributed by atoms with Crippen LogP contribution >= 0.6 is 23.2 Å². The number of carbonyl (C=O) groups is 1. The largest absolute Gasteiger partial charge is 0.494 e. The zero-order chi connectivity index (χ0) is 18.9. The van der Waals surface area contributed by atoms with E-state index in [1.807, 2.05) is 12.1 Å². The maximum atomic E-state index is 12.5. The highest BCUT2D eigenvalue weighted by Crippen LogP contribution is 2.22. The first-order valence-electron chi connectivity index (χ1n) is 8.84. The Bertz CT molecular complexity index is 694.